The Bertz CT molecular complexity index is 1160. The molecule has 1 aromatic rings. The van der Waals surface area contributed by atoms with Gasteiger partial charge in [-0.15, -0.1) is 11.3 Å². The summed E-state index contributed by atoms with van der Waals surface area (Å²) < 4.78 is 1.18. The molecule has 0 saturated carbocycles. The molecule has 2 aliphatic rings. The number of hydrogen-bond donors (Lipinski definition) is 0. The predicted octanol–water partition coefficient (Wildman–Crippen LogP) is 13.8. The van der Waals surface area contributed by atoms with E-state index >= 15 is 0 Å². The highest BCUT2D eigenvalue weighted by atomic mass is 32.1. The van der Waals surface area contributed by atoms with Crippen molar-refractivity contribution in [3.05, 3.63) is 46.6 Å². The van der Waals surface area contributed by atoms with E-state index in [0.29, 0.717) is 0 Å². The molecule has 1 heterocycles. The molecule has 0 amide bonds. The van der Waals surface area contributed by atoms with Crippen molar-refractivity contribution in [2.24, 2.45) is 0 Å². The standard InChI is InChI=1S/C42H68N2OS/c1-3-5-7-9-11-13-15-17-19-21-23-25-27-33-44(34-28-26-24-22-20-18-16-14-12-10-8-6-4-2)37-29-31-39-41(35-37)46-42-36-38(45)30-32-40(42)43-39/h29-32,35-36H,3-28,33-34H2,1-2H3. The van der Waals surface area contributed by atoms with Crippen molar-refractivity contribution in [1.29, 1.82) is 0 Å². The van der Waals surface area contributed by atoms with Crippen LogP contribution >= 0.6 is 11.3 Å². The first-order valence-electron chi connectivity index (χ1n) is 19.8. The summed E-state index contributed by atoms with van der Waals surface area (Å²) in [5, 5.41) is 0. The molecule has 0 spiro atoms. The Morgan fingerprint density at radius 1 is 0.522 bits per heavy atom. The minimum atomic E-state index is 0.0625. The average Bonchev–Trinajstić information content (AvgIpc) is 3.06. The summed E-state index contributed by atoms with van der Waals surface area (Å²) in [6.07, 6.45) is 36.3. The number of unbranched alkanes of at least 4 members (excludes halogenated alkanes) is 24. The quantitative estimate of drug-likeness (QED) is 0.0555. The van der Waals surface area contributed by atoms with Gasteiger partial charge in [0.05, 0.1) is 20.8 Å². The second kappa shape index (κ2) is 25.1. The van der Waals surface area contributed by atoms with Gasteiger partial charge in [-0.2, -0.15) is 0 Å². The van der Waals surface area contributed by atoms with Gasteiger partial charge in [-0.05, 0) is 43.2 Å². The van der Waals surface area contributed by atoms with Gasteiger partial charge in [-0.25, -0.2) is 4.98 Å². The molecule has 0 aromatic heterocycles. The summed E-state index contributed by atoms with van der Waals surface area (Å²) in [6, 6.07) is 12.0. The van der Waals surface area contributed by atoms with E-state index in [1.165, 1.54) is 177 Å². The number of hydrogen-bond acceptors (Lipinski definition) is 4. The molecule has 3 nitrogen and oxygen atoms in total. The van der Waals surface area contributed by atoms with Gasteiger partial charge in [-0.1, -0.05) is 168 Å². The molecule has 1 aromatic carbocycles. The topological polar surface area (TPSA) is 33.2 Å². The summed E-state index contributed by atoms with van der Waals surface area (Å²) >= 11 is 1.70. The van der Waals surface area contributed by atoms with Crippen LogP contribution in [0.3, 0.4) is 0 Å². The molecule has 4 heteroatoms. The fourth-order valence-corrected chi connectivity index (χ4v) is 7.83. The zero-order valence-corrected chi connectivity index (χ0v) is 30.8. The van der Waals surface area contributed by atoms with E-state index in [1.54, 1.807) is 23.5 Å². The maximum absolute atomic E-state index is 12.0. The Hall–Kier alpha value is -1.94. The van der Waals surface area contributed by atoms with E-state index in [4.69, 9.17) is 4.98 Å². The molecule has 0 unspecified atom stereocenters. The Kier molecular flexibility index (Phi) is 21.0. The second-order valence-electron chi connectivity index (χ2n) is 14.0. The van der Waals surface area contributed by atoms with E-state index in [1.807, 2.05) is 6.07 Å². The lowest BCUT2D eigenvalue weighted by Crippen LogP contribution is -2.25. The van der Waals surface area contributed by atoms with E-state index in [0.717, 1.165) is 29.2 Å². The number of rotatable bonds is 29. The van der Waals surface area contributed by atoms with Gasteiger partial charge in [0.1, 0.15) is 0 Å². The summed E-state index contributed by atoms with van der Waals surface area (Å²) in [5.41, 5.74) is 3.33. The van der Waals surface area contributed by atoms with Crippen LogP contribution in [0, 0.1) is 0 Å². The fraction of sp³-hybridized carbons (Fsp3) is 0.714. The SMILES string of the molecule is CCCCCCCCCCCCCCCN(CCCCCCCCCCCCCCC)c1ccc2nc3ccc(=O)cc-3sc2c1. The van der Waals surface area contributed by atoms with Gasteiger partial charge in [-0.3, -0.25) is 4.79 Å². The van der Waals surface area contributed by atoms with Gasteiger partial charge in [0, 0.05) is 24.8 Å². The predicted molar refractivity (Wildman–Crippen MR) is 206 cm³/mol. The monoisotopic (exact) mass is 649 g/mol. The molecule has 0 bridgehead atoms. The Balaban J connectivity index is 1.40. The number of benzene rings is 2. The minimum Gasteiger partial charge on any atom is -0.371 e. The molecule has 258 valence electrons. The molecule has 0 N–H and O–H groups in total. The maximum atomic E-state index is 12.0. The van der Waals surface area contributed by atoms with Gasteiger partial charge in [0.15, 0.2) is 5.43 Å². The molecule has 46 heavy (non-hydrogen) atoms. The van der Waals surface area contributed by atoms with E-state index in [2.05, 4.69) is 36.9 Å². The molecular weight excluding hydrogens is 581 g/mol. The van der Waals surface area contributed by atoms with E-state index < -0.39 is 0 Å². The third-order valence-electron chi connectivity index (χ3n) is 9.76. The van der Waals surface area contributed by atoms with Crippen LogP contribution in [-0.4, -0.2) is 18.1 Å². The lowest BCUT2D eigenvalue weighted by molar-refractivity contribution is 0.531. The first-order valence-corrected chi connectivity index (χ1v) is 20.6. The van der Waals surface area contributed by atoms with Crippen LogP contribution in [0.4, 0.5) is 5.69 Å². The van der Waals surface area contributed by atoms with Gasteiger partial charge < -0.3 is 4.90 Å². The summed E-state index contributed by atoms with van der Waals surface area (Å²) in [7, 11) is 0. The van der Waals surface area contributed by atoms with Gasteiger partial charge in [0.25, 0.3) is 0 Å². The molecular formula is C42H68N2OS. The van der Waals surface area contributed by atoms with Crippen LogP contribution in [0.25, 0.3) is 20.8 Å². The number of anilines is 1. The Morgan fingerprint density at radius 2 is 0.957 bits per heavy atom. The number of nitrogens with zero attached hydrogens (tertiary/aromatic N) is 2. The van der Waals surface area contributed by atoms with Gasteiger partial charge >= 0.3 is 0 Å². The minimum absolute atomic E-state index is 0.0625. The van der Waals surface area contributed by atoms with Crippen molar-refractivity contribution in [1.82, 2.24) is 4.98 Å². The first kappa shape index (κ1) is 38.5. The third-order valence-corrected chi connectivity index (χ3v) is 10.9. The second-order valence-corrected chi connectivity index (χ2v) is 15.1. The lowest BCUT2D eigenvalue weighted by Gasteiger charge is -2.25. The van der Waals surface area contributed by atoms with Crippen LogP contribution in [0.1, 0.15) is 181 Å². The van der Waals surface area contributed by atoms with Crippen molar-refractivity contribution in [3.63, 3.8) is 0 Å². The molecule has 1 aliphatic heterocycles. The zero-order valence-electron chi connectivity index (χ0n) is 30.0. The molecule has 3 rings (SSSR count). The van der Waals surface area contributed by atoms with Crippen molar-refractivity contribution in [2.75, 3.05) is 18.0 Å². The first-order chi connectivity index (χ1) is 22.7. The van der Waals surface area contributed by atoms with Crippen LogP contribution in [0.2, 0.25) is 0 Å². The average molecular weight is 649 g/mol. The van der Waals surface area contributed by atoms with Crippen LogP contribution in [0.15, 0.2) is 41.2 Å². The molecule has 0 saturated heterocycles. The largest absolute Gasteiger partial charge is 0.371 e. The lowest BCUT2D eigenvalue weighted by atomic mass is 10.0. The highest BCUT2D eigenvalue weighted by Crippen LogP contribution is 2.32. The highest BCUT2D eigenvalue weighted by molar-refractivity contribution is 7.21. The summed E-state index contributed by atoms with van der Waals surface area (Å²) in [4.78, 5) is 20.4. The van der Waals surface area contributed by atoms with Crippen LogP contribution in [-0.2, 0) is 0 Å². The highest BCUT2D eigenvalue weighted by Gasteiger charge is 2.12. The maximum Gasteiger partial charge on any atom is 0.180 e. The van der Waals surface area contributed by atoms with Crippen molar-refractivity contribution < 1.29 is 0 Å². The molecule has 0 radical (unpaired) electrons. The van der Waals surface area contributed by atoms with Crippen molar-refractivity contribution in [3.8, 4) is 10.6 Å². The Morgan fingerprint density at radius 3 is 1.41 bits per heavy atom. The third kappa shape index (κ3) is 16.2. The van der Waals surface area contributed by atoms with E-state index in [-0.39, 0.29) is 5.43 Å². The van der Waals surface area contributed by atoms with Gasteiger partial charge in [0.2, 0.25) is 0 Å². The number of fused-ring (bicyclic) bond motifs is 2. The van der Waals surface area contributed by atoms with Crippen molar-refractivity contribution in [2.45, 2.75) is 181 Å². The van der Waals surface area contributed by atoms with Crippen LogP contribution in [0.5, 0.6) is 0 Å². The zero-order chi connectivity index (χ0) is 32.5. The molecule has 1 aliphatic carbocycles. The molecule has 0 fully saturated rings. The number of aromatic nitrogens is 1. The fourth-order valence-electron chi connectivity index (χ4n) is 6.80. The summed E-state index contributed by atoms with van der Waals surface area (Å²) in [5.74, 6) is 0. The normalized spacial score (nSPS) is 11.6. The smallest absolute Gasteiger partial charge is 0.180 e. The van der Waals surface area contributed by atoms with E-state index in [9.17, 15) is 4.79 Å². The van der Waals surface area contributed by atoms with Crippen LogP contribution < -0.4 is 10.3 Å². The van der Waals surface area contributed by atoms with Crippen molar-refractivity contribution >= 4 is 27.2 Å². The Labute approximate surface area is 287 Å². The summed E-state index contributed by atoms with van der Waals surface area (Å²) in [6.45, 7) is 6.87. The molecule has 0 atom stereocenters.